The number of halogens is 6. The maximum atomic E-state index is 14.1. The lowest BCUT2D eigenvalue weighted by Gasteiger charge is -2.36. The van der Waals surface area contributed by atoms with Crippen molar-refractivity contribution < 1.29 is 31.1 Å². The first-order valence-corrected chi connectivity index (χ1v) is 12.7. The molecule has 1 saturated heterocycles. The van der Waals surface area contributed by atoms with Crippen LogP contribution in [0.25, 0.3) is 0 Å². The van der Waals surface area contributed by atoms with Crippen LogP contribution in [0.5, 0.6) is 0 Å². The van der Waals surface area contributed by atoms with Gasteiger partial charge in [0.25, 0.3) is 0 Å². The Bertz CT molecular complexity index is 1310. The third-order valence-corrected chi connectivity index (χ3v) is 8.20. The van der Waals surface area contributed by atoms with Gasteiger partial charge in [-0.3, -0.25) is 9.69 Å². The van der Waals surface area contributed by atoms with E-state index < -0.39 is 34.9 Å². The van der Waals surface area contributed by atoms with Gasteiger partial charge in [-0.2, -0.15) is 26.3 Å². The predicted molar refractivity (Wildman–Crippen MR) is 134 cm³/mol. The van der Waals surface area contributed by atoms with Crippen LogP contribution in [0.15, 0.2) is 78.9 Å². The highest BCUT2D eigenvalue weighted by Gasteiger charge is 2.71. The Morgan fingerprint density at radius 1 is 0.923 bits per heavy atom. The van der Waals surface area contributed by atoms with Crippen LogP contribution in [-0.2, 0) is 23.7 Å². The van der Waals surface area contributed by atoms with Crippen molar-refractivity contribution in [1.29, 1.82) is 0 Å². The van der Waals surface area contributed by atoms with Crippen LogP contribution in [0.2, 0.25) is 0 Å². The number of amides is 1. The van der Waals surface area contributed by atoms with Gasteiger partial charge in [0.1, 0.15) is 0 Å². The number of nitrogens with zero attached hydrogens (tertiary/aromatic N) is 2. The van der Waals surface area contributed by atoms with Crippen molar-refractivity contribution in [3.8, 4) is 0 Å². The minimum atomic E-state index is -4.96. The number of piperidine rings is 1. The maximum Gasteiger partial charge on any atom is 0.416 e. The number of rotatable bonds is 6. The molecule has 2 fully saturated rings. The summed E-state index contributed by atoms with van der Waals surface area (Å²) in [5.41, 5.74) is -1.74. The van der Waals surface area contributed by atoms with Gasteiger partial charge in [0, 0.05) is 26.2 Å². The summed E-state index contributed by atoms with van der Waals surface area (Å²) in [7, 11) is 1.46. The Morgan fingerprint density at radius 3 is 2.00 bits per heavy atom. The maximum absolute atomic E-state index is 14.1. The highest BCUT2D eigenvalue weighted by molar-refractivity contribution is 5.88. The van der Waals surface area contributed by atoms with E-state index in [0.717, 1.165) is 11.1 Å². The molecule has 1 aliphatic carbocycles. The van der Waals surface area contributed by atoms with Gasteiger partial charge in [-0.05, 0) is 54.2 Å². The first-order chi connectivity index (χ1) is 18.3. The lowest BCUT2D eigenvalue weighted by molar-refractivity contribution is -0.143. The summed E-state index contributed by atoms with van der Waals surface area (Å²) < 4.78 is 80.9. The van der Waals surface area contributed by atoms with Crippen molar-refractivity contribution in [1.82, 2.24) is 9.80 Å². The topological polar surface area (TPSA) is 23.6 Å². The van der Waals surface area contributed by atoms with E-state index in [9.17, 15) is 31.1 Å². The van der Waals surface area contributed by atoms with E-state index >= 15 is 0 Å². The van der Waals surface area contributed by atoms with Gasteiger partial charge >= 0.3 is 12.4 Å². The third-order valence-electron chi connectivity index (χ3n) is 8.20. The van der Waals surface area contributed by atoms with E-state index in [2.05, 4.69) is 4.90 Å². The summed E-state index contributed by atoms with van der Waals surface area (Å²) in [5, 5.41) is 0. The average Bonchev–Trinajstić information content (AvgIpc) is 3.52. The molecule has 3 aromatic carbocycles. The molecule has 3 nitrogen and oxygen atoms in total. The molecule has 2 aliphatic rings. The highest BCUT2D eigenvalue weighted by Crippen LogP contribution is 2.68. The van der Waals surface area contributed by atoms with Gasteiger partial charge in [0.15, 0.2) is 0 Å². The molecule has 0 radical (unpaired) electrons. The van der Waals surface area contributed by atoms with Gasteiger partial charge in [0.05, 0.1) is 22.6 Å². The number of hydrogen-bond donors (Lipinski definition) is 0. The van der Waals surface area contributed by atoms with Crippen molar-refractivity contribution in [3.05, 3.63) is 107 Å². The average molecular weight is 547 g/mol. The van der Waals surface area contributed by atoms with Crippen LogP contribution >= 0.6 is 0 Å². The minimum absolute atomic E-state index is 0.0424. The second kappa shape index (κ2) is 9.70. The SMILES string of the molecule is C[C@@H](c1cc(C(F)(F)F)cc(C(F)(F)F)c1)N(C)C(=O)[C@]12CC1CN(Cc1ccccc1)[C@@H]2c1ccccc1. The molecule has 3 aromatic rings. The van der Waals surface area contributed by atoms with Gasteiger partial charge in [0.2, 0.25) is 5.91 Å². The number of fused-ring (bicyclic) bond motifs is 1. The van der Waals surface area contributed by atoms with E-state index in [-0.39, 0.29) is 29.5 Å². The van der Waals surface area contributed by atoms with Gasteiger partial charge in [-0.25, -0.2) is 0 Å². The number of carbonyl (C=O) groups is 1. The molecule has 39 heavy (non-hydrogen) atoms. The molecule has 4 atom stereocenters. The molecule has 0 N–H and O–H groups in total. The molecule has 0 aromatic heterocycles. The Kier molecular flexibility index (Phi) is 6.77. The van der Waals surface area contributed by atoms with Gasteiger partial charge in [-0.1, -0.05) is 60.7 Å². The molecule has 9 heteroatoms. The summed E-state index contributed by atoms with van der Waals surface area (Å²) >= 11 is 0. The number of likely N-dealkylation sites (tertiary alicyclic amines) is 1. The molecular weight excluding hydrogens is 518 g/mol. The molecule has 206 valence electrons. The lowest BCUT2D eigenvalue weighted by Crippen LogP contribution is -2.41. The van der Waals surface area contributed by atoms with Gasteiger partial charge in [-0.15, -0.1) is 0 Å². The lowest BCUT2D eigenvalue weighted by atomic mass is 9.87. The summed E-state index contributed by atoms with van der Waals surface area (Å²) in [6.45, 7) is 2.76. The summed E-state index contributed by atoms with van der Waals surface area (Å²) in [6.07, 6.45) is -9.30. The first-order valence-electron chi connectivity index (χ1n) is 12.7. The quantitative estimate of drug-likeness (QED) is 0.299. The van der Waals surface area contributed by atoms with Crippen LogP contribution in [0.3, 0.4) is 0 Å². The molecule has 1 unspecified atom stereocenters. The Hall–Kier alpha value is -3.33. The Labute approximate surface area is 223 Å². The number of alkyl halides is 6. The fourth-order valence-corrected chi connectivity index (χ4v) is 6.07. The fraction of sp³-hybridized carbons (Fsp3) is 0.367. The van der Waals surface area contributed by atoms with E-state index in [1.807, 2.05) is 60.7 Å². The fourth-order valence-electron chi connectivity index (χ4n) is 6.07. The van der Waals surface area contributed by atoms with Crippen LogP contribution in [0, 0.1) is 11.3 Å². The van der Waals surface area contributed by atoms with E-state index in [4.69, 9.17) is 0 Å². The number of hydrogen-bond acceptors (Lipinski definition) is 2. The zero-order chi connectivity index (χ0) is 28.2. The first kappa shape index (κ1) is 27.2. The zero-order valence-corrected chi connectivity index (χ0v) is 21.4. The molecule has 0 spiro atoms. The van der Waals surface area contributed by atoms with Crippen LogP contribution in [0.4, 0.5) is 26.3 Å². The molecule has 1 saturated carbocycles. The van der Waals surface area contributed by atoms with Crippen molar-refractivity contribution in [2.45, 2.75) is 44.3 Å². The normalized spacial score (nSPS) is 23.8. The van der Waals surface area contributed by atoms with Crippen LogP contribution in [-0.4, -0.2) is 29.3 Å². The summed E-state index contributed by atoms with van der Waals surface area (Å²) in [4.78, 5) is 17.7. The van der Waals surface area contributed by atoms with Crippen molar-refractivity contribution in [3.63, 3.8) is 0 Å². The van der Waals surface area contributed by atoms with Crippen molar-refractivity contribution >= 4 is 5.91 Å². The third kappa shape index (κ3) is 5.04. The zero-order valence-electron chi connectivity index (χ0n) is 21.4. The molecule has 1 amide bonds. The molecular formula is C30H28F6N2O. The van der Waals surface area contributed by atoms with E-state index in [1.165, 1.54) is 18.9 Å². The Morgan fingerprint density at radius 2 is 1.46 bits per heavy atom. The van der Waals surface area contributed by atoms with Crippen molar-refractivity contribution in [2.75, 3.05) is 13.6 Å². The van der Waals surface area contributed by atoms with Crippen LogP contribution in [0.1, 0.15) is 53.2 Å². The highest BCUT2D eigenvalue weighted by atomic mass is 19.4. The molecule has 0 bridgehead atoms. The van der Waals surface area contributed by atoms with Gasteiger partial charge < -0.3 is 4.90 Å². The molecule has 1 aliphatic heterocycles. The minimum Gasteiger partial charge on any atom is -0.338 e. The Balaban J connectivity index is 1.48. The largest absolute Gasteiger partial charge is 0.416 e. The summed E-state index contributed by atoms with van der Waals surface area (Å²) in [5.74, 6) is -0.226. The van der Waals surface area contributed by atoms with E-state index in [0.29, 0.717) is 31.6 Å². The van der Waals surface area contributed by atoms with E-state index in [1.54, 1.807) is 0 Å². The predicted octanol–water partition coefficient (Wildman–Crippen LogP) is 7.51. The number of benzene rings is 3. The monoisotopic (exact) mass is 546 g/mol. The smallest absolute Gasteiger partial charge is 0.338 e. The van der Waals surface area contributed by atoms with Crippen LogP contribution < -0.4 is 0 Å². The molecule has 5 rings (SSSR count). The second-order valence-corrected chi connectivity index (χ2v) is 10.6. The number of carbonyl (C=O) groups excluding carboxylic acids is 1. The van der Waals surface area contributed by atoms with Crippen molar-refractivity contribution in [2.24, 2.45) is 11.3 Å². The summed E-state index contributed by atoms with van der Waals surface area (Å²) in [6, 6.07) is 19.7. The standard InChI is InChI=1S/C30H28F6N2O/c1-19(22-13-23(29(31,32)33)15-24(14-22)30(34,35)36)37(2)27(39)28-16-25(28)18-38(17-20-9-5-3-6-10-20)26(28)21-11-7-4-8-12-21/h3-15,19,25-26H,16-18H2,1-2H3/t19-,25?,26+,28+/m0/s1. The second-order valence-electron chi connectivity index (χ2n) is 10.6. The molecule has 1 heterocycles.